The first-order chi connectivity index (χ1) is 10.9. The zero-order valence-electron chi connectivity index (χ0n) is 14.7. The van der Waals surface area contributed by atoms with Crippen molar-refractivity contribution in [1.82, 2.24) is 20.0 Å². The van der Waals surface area contributed by atoms with Crippen LogP contribution in [0.3, 0.4) is 0 Å². The fraction of sp³-hybridized carbons (Fsp3) is 0.882. The monoisotopic (exact) mass is 322 g/mol. The van der Waals surface area contributed by atoms with Crippen molar-refractivity contribution >= 4 is 11.9 Å². The van der Waals surface area contributed by atoms with Crippen LogP contribution in [0.25, 0.3) is 0 Å². The van der Waals surface area contributed by atoms with E-state index in [1.807, 2.05) is 0 Å². The number of nitrogens with one attached hydrogen (secondary N) is 1. The van der Waals surface area contributed by atoms with Gasteiger partial charge in [-0.3, -0.25) is 9.69 Å². The Labute approximate surface area is 139 Å². The number of nitrogens with zero attached hydrogens (tertiary/aromatic N) is 3. The topological polar surface area (TPSA) is 55.9 Å². The fourth-order valence-electron chi connectivity index (χ4n) is 4.19. The zero-order valence-corrected chi connectivity index (χ0v) is 14.7. The summed E-state index contributed by atoms with van der Waals surface area (Å²) in [4.78, 5) is 31.7. The van der Waals surface area contributed by atoms with Crippen molar-refractivity contribution in [3.63, 3.8) is 0 Å². The van der Waals surface area contributed by atoms with Crippen LogP contribution in [-0.4, -0.2) is 78.0 Å². The Morgan fingerprint density at radius 3 is 2.30 bits per heavy atom. The highest BCUT2D eigenvalue weighted by atomic mass is 16.2. The molecule has 0 unspecified atom stereocenters. The third-order valence-electron chi connectivity index (χ3n) is 5.58. The molecule has 0 aromatic carbocycles. The Kier molecular flexibility index (Phi) is 4.65. The predicted octanol–water partition coefficient (Wildman–Crippen LogP) is 1.12. The van der Waals surface area contributed by atoms with Gasteiger partial charge in [0.2, 0.25) is 0 Å². The van der Waals surface area contributed by atoms with Crippen molar-refractivity contribution in [3.05, 3.63) is 0 Å². The molecule has 3 heterocycles. The number of urea groups is 1. The summed E-state index contributed by atoms with van der Waals surface area (Å²) in [5.41, 5.74) is -0.626. The lowest BCUT2D eigenvalue weighted by Crippen LogP contribution is -2.55. The summed E-state index contributed by atoms with van der Waals surface area (Å²) in [5, 5.41) is 3.03. The lowest BCUT2D eigenvalue weighted by atomic mass is 9.87. The van der Waals surface area contributed by atoms with Crippen LogP contribution in [0.1, 0.15) is 39.5 Å². The normalized spacial score (nSPS) is 27.2. The van der Waals surface area contributed by atoms with Crippen molar-refractivity contribution in [2.24, 2.45) is 5.92 Å². The second-order valence-corrected chi connectivity index (χ2v) is 7.92. The molecular weight excluding hydrogens is 292 g/mol. The summed E-state index contributed by atoms with van der Waals surface area (Å²) in [7, 11) is 2.07. The quantitative estimate of drug-likeness (QED) is 0.791. The second-order valence-electron chi connectivity index (χ2n) is 7.92. The van der Waals surface area contributed by atoms with Crippen LogP contribution in [0.4, 0.5) is 4.79 Å². The molecule has 3 amide bonds. The molecule has 130 valence electrons. The summed E-state index contributed by atoms with van der Waals surface area (Å²) in [6, 6.07) is -0.0909. The highest BCUT2D eigenvalue weighted by molar-refractivity contribution is 6.07. The number of rotatable bonds is 3. The lowest BCUT2D eigenvalue weighted by Gasteiger charge is -2.38. The number of carbonyl (C=O) groups excluding carboxylic acids is 2. The number of imide groups is 1. The lowest BCUT2D eigenvalue weighted by molar-refractivity contribution is -0.135. The van der Waals surface area contributed by atoms with Crippen LogP contribution in [-0.2, 0) is 4.79 Å². The summed E-state index contributed by atoms with van der Waals surface area (Å²) >= 11 is 0. The molecule has 0 saturated carbocycles. The number of amides is 3. The Morgan fingerprint density at radius 2 is 1.74 bits per heavy atom. The van der Waals surface area contributed by atoms with E-state index in [1.54, 1.807) is 4.90 Å². The van der Waals surface area contributed by atoms with Crippen molar-refractivity contribution in [1.29, 1.82) is 0 Å². The van der Waals surface area contributed by atoms with Gasteiger partial charge in [-0.15, -0.1) is 0 Å². The van der Waals surface area contributed by atoms with Gasteiger partial charge in [-0.1, -0.05) is 13.8 Å². The van der Waals surface area contributed by atoms with Gasteiger partial charge in [0.25, 0.3) is 5.91 Å². The van der Waals surface area contributed by atoms with Gasteiger partial charge in [-0.05, 0) is 38.6 Å². The first-order valence-corrected chi connectivity index (χ1v) is 8.98. The first-order valence-electron chi connectivity index (χ1n) is 8.98. The van der Waals surface area contributed by atoms with E-state index in [9.17, 15) is 9.59 Å². The molecular formula is C17H30N4O2. The van der Waals surface area contributed by atoms with E-state index in [1.165, 1.54) is 0 Å². The molecule has 3 aliphatic rings. The van der Waals surface area contributed by atoms with Gasteiger partial charge in [-0.25, -0.2) is 4.79 Å². The van der Waals surface area contributed by atoms with Crippen molar-refractivity contribution in [2.45, 2.75) is 51.1 Å². The van der Waals surface area contributed by atoms with Crippen LogP contribution < -0.4 is 5.32 Å². The van der Waals surface area contributed by atoms with E-state index >= 15 is 0 Å². The maximum absolute atomic E-state index is 13.0. The largest absolute Gasteiger partial charge is 0.325 e. The van der Waals surface area contributed by atoms with E-state index in [-0.39, 0.29) is 18.0 Å². The zero-order chi connectivity index (χ0) is 16.6. The van der Waals surface area contributed by atoms with E-state index in [0.717, 1.165) is 58.4 Å². The third kappa shape index (κ3) is 3.24. The average Bonchev–Trinajstić information content (AvgIpc) is 2.74. The Balaban J connectivity index is 1.63. The predicted molar refractivity (Wildman–Crippen MR) is 89.1 cm³/mol. The van der Waals surface area contributed by atoms with E-state index in [2.05, 4.69) is 36.0 Å². The number of piperidine rings is 2. The fourth-order valence-corrected chi connectivity index (χ4v) is 4.19. The Morgan fingerprint density at radius 1 is 1.13 bits per heavy atom. The minimum Gasteiger partial charge on any atom is -0.323 e. The molecule has 0 radical (unpaired) electrons. The van der Waals surface area contributed by atoms with Crippen molar-refractivity contribution in [2.75, 3.05) is 39.8 Å². The first kappa shape index (κ1) is 16.7. The van der Waals surface area contributed by atoms with Gasteiger partial charge in [0.15, 0.2) is 0 Å². The molecule has 3 rings (SSSR count). The van der Waals surface area contributed by atoms with Crippen LogP contribution in [0.2, 0.25) is 0 Å². The summed E-state index contributed by atoms with van der Waals surface area (Å²) in [6.45, 7) is 9.26. The van der Waals surface area contributed by atoms with Gasteiger partial charge in [-0.2, -0.15) is 0 Å². The molecule has 3 fully saturated rings. The molecule has 1 spiro atoms. The van der Waals surface area contributed by atoms with Gasteiger partial charge in [0, 0.05) is 38.8 Å². The summed E-state index contributed by atoms with van der Waals surface area (Å²) in [5.74, 6) is 0.684. The Bertz CT molecular complexity index is 463. The molecule has 0 aromatic rings. The maximum atomic E-state index is 13.0. The molecule has 3 aliphatic heterocycles. The average molecular weight is 322 g/mol. The van der Waals surface area contributed by atoms with Crippen molar-refractivity contribution in [3.8, 4) is 0 Å². The molecule has 0 aromatic heterocycles. The minimum absolute atomic E-state index is 0.0258. The van der Waals surface area contributed by atoms with E-state index in [0.29, 0.717) is 5.92 Å². The van der Waals surface area contributed by atoms with Crippen LogP contribution in [0, 0.1) is 5.92 Å². The summed E-state index contributed by atoms with van der Waals surface area (Å²) in [6.07, 6.45) is 3.28. The highest BCUT2D eigenvalue weighted by Crippen LogP contribution is 2.32. The second kappa shape index (κ2) is 6.40. The van der Waals surface area contributed by atoms with E-state index in [4.69, 9.17) is 0 Å². The number of hydrogen-bond acceptors (Lipinski definition) is 4. The number of likely N-dealkylation sites (tertiary alicyclic amines) is 2. The molecule has 0 atom stereocenters. The molecule has 6 heteroatoms. The molecule has 0 bridgehead atoms. The molecule has 23 heavy (non-hydrogen) atoms. The molecule has 1 N–H and O–H groups in total. The van der Waals surface area contributed by atoms with Gasteiger partial charge < -0.3 is 15.1 Å². The SMILES string of the molecule is CC(C)CN1CCC(N2C(=O)NC3(CCN(C)CC3)C2=O)CC1. The highest BCUT2D eigenvalue weighted by Gasteiger charge is 2.53. The van der Waals surface area contributed by atoms with Crippen LogP contribution >= 0.6 is 0 Å². The standard InChI is InChI=1S/C17H30N4O2/c1-13(2)12-20-8-4-14(5-9-20)21-15(22)17(18-16(21)23)6-10-19(3)11-7-17/h13-14H,4-12H2,1-3H3,(H,18,23). The Hall–Kier alpha value is -1.14. The number of carbonyl (C=O) groups is 2. The van der Waals surface area contributed by atoms with Crippen molar-refractivity contribution < 1.29 is 9.59 Å². The van der Waals surface area contributed by atoms with Gasteiger partial charge >= 0.3 is 6.03 Å². The van der Waals surface area contributed by atoms with Crippen LogP contribution in [0.15, 0.2) is 0 Å². The molecule has 6 nitrogen and oxygen atoms in total. The summed E-state index contributed by atoms with van der Waals surface area (Å²) < 4.78 is 0. The van der Waals surface area contributed by atoms with Gasteiger partial charge in [0.1, 0.15) is 5.54 Å². The van der Waals surface area contributed by atoms with E-state index < -0.39 is 5.54 Å². The smallest absolute Gasteiger partial charge is 0.323 e. The minimum atomic E-state index is -0.626. The van der Waals surface area contributed by atoms with Gasteiger partial charge in [0.05, 0.1) is 0 Å². The molecule has 0 aliphatic carbocycles. The third-order valence-corrected chi connectivity index (χ3v) is 5.58. The maximum Gasteiger partial charge on any atom is 0.325 e. The van der Waals surface area contributed by atoms with Crippen LogP contribution in [0.5, 0.6) is 0 Å². The molecule has 3 saturated heterocycles. The number of hydrogen-bond donors (Lipinski definition) is 1.